The first-order valence-electron chi connectivity index (χ1n) is 11.8. The van der Waals surface area contributed by atoms with Crippen LogP contribution < -0.4 is 15.9 Å². The largest absolute Gasteiger partial charge is 0.460 e. The third-order valence-corrected chi connectivity index (χ3v) is 8.16. The number of aryl methyl sites for hydroxylation is 1. The molecular formula is C28H31N2O5S+. The molecule has 1 N–H and O–H groups in total. The molecule has 0 aliphatic heterocycles. The summed E-state index contributed by atoms with van der Waals surface area (Å²) >= 11 is -0.140. The topological polar surface area (TPSA) is 94.4 Å². The molecule has 2 heterocycles. The van der Waals surface area contributed by atoms with Crippen LogP contribution in [0.25, 0.3) is 22.2 Å². The van der Waals surface area contributed by atoms with E-state index in [0.29, 0.717) is 18.6 Å². The van der Waals surface area contributed by atoms with Crippen molar-refractivity contribution in [2.45, 2.75) is 52.1 Å². The minimum atomic E-state index is -0.545. The summed E-state index contributed by atoms with van der Waals surface area (Å²) in [5, 5.41) is 0.270. The fraction of sp³-hybridized carbons (Fsp3) is 0.321. The van der Waals surface area contributed by atoms with E-state index in [-0.39, 0.29) is 39.6 Å². The number of benzene rings is 2. The van der Waals surface area contributed by atoms with Crippen molar-refractivity contribution in [2.75, 3.05) is 6.26 Å². The molecule has 0 aliphatic carbocycles. The summed E-state index contributed by atoms with van der Waals surface area (Å²) in [5.74, 6) is 0. The van der Waals surface area contributed by atoms with Gasteiger partial charge in [0.05, 0.1) is 0 Å². The van der Waals surface area contributed by atoms with Gasteiger partial charge in [-0.1, -0.05) is 55.5 Å². The number of rotatable bonds is 8. The lowest BCUT2D eigenvalue weighted by Crippen LogP contribution is -2.28. The molecule has 188 valence electrons. The molecule has 4 aromatic rings. The molecule has 1 atom stereocenters. The number of fused-ring (bicyclic) bond motifs is 1. The second-order valence-corrected chi connectivity index (χ2v) is 11.8. The van der Waals surface area contributed by atoms with Crippen LogP contribution in [0.5, 0.6) is 6.01 Å². The van der Waals surface area contributed by atoms with Gasteiger partial charge >= 0.3 is 5.63 Å². The molecular weight excluding hydrogens is 476 g/mol. The Morgan fingerprint density at radius 2 is 1.72 bits per heavy atom. The van der Waals surface area contributed by atoms with Crippen LogP contribution >= 0.6 is 0 Å². The van der Waals surface area contributed by atoms with Crippen molar-refractivity contribution in [3.05, 3.63) is 92.1 Å². The molecule has 0 amide bonds. The van der Waals surface area contributed by atoms with Gasteiger partial charge in [-0.15, -0.1) is 0 Å². The van der Waals surface area contributed by atoms with Crippen LogP contribution in [0.4, 0.5) is 0 Å². The summed E-state index contributed by atoms with van der Waals surface area (Å²) in [5.41, 5.74) is 3.72. The van der Waals surface area contributed by atoms with E-state index < -0.39 is 11.2 Å². The van der Waals surface area contributed by atoms with Gasteiger partial charge in [-0.25, -0.2) is 4.79 Å². The van der Waals surface area contributed by atoms with Crippen molar-refractivity contribution >= 4 is 22.3 Å². The minimum Gasteiger partial charge on any atom is -0.460 e. The Morgan fingerprint density at radius 1 is 1.00 bits per heavy atom. The molecule has 0 fully saturated rings. The van der Waals surface area contributed by atoms with Crippen LogP contribution in [-0.2, 0) is 35.0 Å². The van der Waals surface area contributed by atoms with Crippen molar-refractivity contribution in [1.82, 2.24) is 9.97 Å². The molecule has 0 radical (unpaired) electrons. The zero-order valence-corrected chi connectivity index (χ0v) is 22.0. The zero-order chi connectivity index (χ0) is 25.9. The first-order chi connectivity index (χ1) is 17.2. The Kier molecular flexibility index (Phi) is 7.66. The number of hydrogen-bond acceptors (Lipinski definition) is 6. The van der Waals surface area contributed by atoms with E-state index in [1.807, 2.05) is 31.2 Å². The predicted molar refractivity (Wildman–Crippen MR) is 144 cm³/mol. The molecule has 1 unspecified atom stereocenters. The van der Waals surface area contributed by atoms with Gasteiger partial charge in [0.25, 0.3) is 11.6 Å². The predicted octanol–water partition coefficient (Wildman–Crippen LogP) is 5.16. The number of H-pyrrole nitrogens is 1. The molecule has 2 aromatic carbocycles. The highest BCUT2D eigenvalue weighted by atomic mass is 32.2. The summed E-state index contributed by atoms with van der Waals surface area (Å²) < 4.78 is 17.2. The van der Waals surface area contributed by atoms with Gasteiger partial charge in [-0.3, -0.25) is 9.78 Å². The normalized spacial score (nSPS) is 12.6. The van der Waals surface area contributed by atoms with Gasteiger partial charge in [0.1, 0.15) is 36.0 Å². The number of hydrogen-bond donors (Lipinski definition) is 1. The van der Waals surface area contributed by atoms with Crippen LogP contribution in [-0.4, -0.2) is 21.0 Å². The van der Waals surface area contributed by atoms with E-state index in [1.165, 1.54) is 6.07 Å². The van der Waals surface area contributed by atoms with Crippen molar-refractivity contribution in [3.8, 4) is 17.1 Å². The summed E-state index contributed by atoms with van der Waals surface area (Å²) in [6.45, 7) is 9.15. The van der Waals surface area contributed by atoms with Crippen molar-refractivity contribution in [3.63, 3.8) is 0 Å². The highest BCUT2D eigenvalue weighted by molar-refractivity contribution is 7.92. The molecule has 36 heavy (non-hydrogen) atoms. The second-order valence-electron chi connectivity index (χ2n) is 9.47. The summed E-state index contributed by atoms with van der Waals surface area (Å²) in [6, 6.07) is 17.5. The maximum atomic E-state index is 12.6. The van der Waals surface area contributed by atoms with E-state index in [9.17, 15) is 9.59 Å². The second kappa shape index (κ2) is 10.7. The zero-order valence-electron chi connectivity index (χ0n) is 21.2. The van der Waals surface area contributed by atoms with Crippen molar-refractivity contribution < 1.29 is 13.3 Å². The highest BCUT2D eigenvalue weighted by Crippen LogP contribution is 2.26. The Hall–Kier alpha value is -3.36. The molecule has 4 rings (SSSR count). The van der Waals surface area contributed by atoms with E-state index in [1.54, 1.807) is 0 Å². The molecule has 0 saturated carbocycles. The molecule has 0 saturated heterocycles. The third kappa shape index (κ3) is 5.88. The molecule has 7 nitrogen and oxygen atoms in total. The van der Waals surface area contributed by atoms with Crippen LogP contribution in [0.15, 0.2) is 68.6 Å². The monoisotopic (exact) mass is 507 g/mol. The summed E-state index contributed by atoms with van der Waals surface area (Å²) in [4.78, 5) is 31.3. The van der Waals surface area contributed by atoms with Crippen molar-refractivity contribution in [2.24, 2.45) is 0 Å². The molecule has 0 bridgehead atoms. The Balaban J connectivity index is 1.52. The SMILES string of the molecule is CCc1cc(=O)oc2nc(OCc3ccccc3-c3ccc(CO[S+](C)C(C)(C)C)cc3)[nH]c(=O)c12. The molecule has 8 heteroatoms. The van der Waals surface area contributed by atoms with E-state index >= 15 is 0 Å². The van der Waals surface area contributed by atoms with E-state index in [0.717, 1.165) is 22.3 Å². The first kappa shape index (κ1) is 25.7. The third-order valence-electron chi connectivity index (χ3n) is 5.97. The van der Waals surface area contributed by atoms with Crippen molar-refractivity contribution in [1.29, 1.82) is 0 Å². The smallest absolute Gasteiger partial charge is 0.337 e. The summed E-state index contributed by atoms with van der Waals surface area (Å²) in [6.07, 6.45) is 2.64. The first-order valence-corrected chi connectivity index (χ1v) is 13.4. The number of ether oxygens (including phenoxy) is 1. The lowest BCUT2D eigenvalue weighted by atomic mass is 9.99. The van der Waals surface area contributed by atoms with Crippen LogP contribution in [0.1, 0.15) is 44.4 Å². The minimum absolute atomic E-state index is 0.00000396. The summed E-state index contributed by atoms with van der Waals surface area (Å²) in [7, 11) is 0. The lowest BCUT2D eigenvalue weighted by molar-refractivity contribution is 0.280. The van der Waals surface area contributed by atoms with E-state index in [2.05, 4.69) is 61.3 Å². The van der Waals surface area contributed by atoms with Crippen LogP contribution in [0.3, 0.4) is 0 Å². The van der Waals surface area contributed by atoms with Gasteiger partial charge in [0.2, 0.25) is 5.71 Å². The fourth-order valence-electron chi connectivity index (χ4n) is 3.66. The Bertz CT molecular complexity index is 1470. The maximum Gasteiger partial charge on any atom is 0.337 e. The maximum absolute atomic E-state index is 12.6. The standard InChI is InChI=1S/C28H30N2O5S/c1-6-19-15-23(31)35-26-24(19)25(32)29-27(30-26)33-17-21-9-7-8-10-22(21)20-13-11-18(12-14-20)16-34-36(5)28(2,3)4/h7-15H,6,16-17H2,1-5H3/p+1. The molecule has 0 aliphatic rings. The quantitative estimate of drug-likeness (QED) is 0.331. The van der Waals surface area contributed by atoms with Crippen LogP contribution in [0, 0.1) is 0 Å². The van der Waals surface area contributed by atoms with Gasteiger partial charge in [0.15, 0.2) is 4.75 Å². The van der Waals surface area contributed by atoms with Crippen LogP contribution in [0.2, 0.25) is 0 Å². The fourth-order valence-corrected chi connectivity index (χ4v) is 4.33. The Labute approximate surface area is 213 Å². The number of aromatic amines is 1. The highest BCUT2D eigenvalue weighted by Gasteiger charge is 2.32. The van der Waals surface area contributed by atoms with Gasteiger partial charge < -0.3 is 9.15 Å². The van der Waals surface area contributed by atoms with E-state index in [4.69, 9.17) is 13.3 Å². The molecule has 2 aromatic heterocycles. The average molecular weight is 508 g/mol. The Morgan fingerprint density at radius 3 is 2.42 bits per heavy atom. The molecule has 0 spiro atoms. The average Bonchev–Trinajstić information content (AvgIpc) is 2.85. The number of nitrogens with one attached hydrogen (secondary N) is 1. The number of nitrogens with zero attached hydrogens (tertiary/aromatic N) is 1. The lowest BCUT2D eigenvalue weighted by Gasteiger charge is -2.16. The van der Waals surface area contributed by atoms with Gasteiger partial charge in [-0.2, -0.15) is 9.17 Å². The van der Waals surface area contributed by atoms with Gasteiger partial charge in [0, 0.05) is 6.07 Å². The number of aromatic nitrogens is 2. The van der Waals surface area contributed by atoms with Gasteiger partial charge in [-0.05, 0) is 55.0 Å².